The van der Waals surface area contributed by atoms with Gasteiger partial charge in [-0.15, -0.1) is 0 Å². The Morgan fingerprint density at radius 3 is 2.00 bits per heavy atom. The van der Waals surface area contributed by atoms with Gasteiger partial charge in [0.1, 0.15) is 12.1 Å². The highest BCUT2D eigenvalue weighted by Crippen LogP contribution is 2.88. The molecule has 1 saturated heterocycles. The van der Waals surface area contributed by atoms with E-state index in [1.807, 2.05) is 48.5 Å². The van der Waals surface area contributed by atoms with Gasteiger partial charge < -0.3 is 31.7 Å². The minimum absolute atomic E-state index is 0.0344. The van der Waals surface area contributed by atoms with Gasteiger partial charge in [0.05, 0.1) is 12.1 Å². The van der Waals surface area contributed by atoms with Crippen LogP contribution in [0.25, 0.3) is 0 Å². The van der Waals surface area contributed by atoms with Crippen molar-refractivity contribution in [2.75, 3.05) is 6.54 Å². The first kappa shape index (κ1) is 33.7. The lowest BCUT2D eigenvalue weighted by Gasteiger charge is -2.37. The molecule has 1 unspecified atom stereocenters. The van der Waals surface area contributed by atoms with Gasteiger partial charge in [0.15, 0.2) is 6.10 Å². The van der Waals surface area contributed by atoms with Gasteiger partial charge in [-0.3, -0.25) is 19.2 Å². The van der Waals surface area contributed by atoms with Crippen molar-refractivity contribution in [3.63, 3.8) is 0 Å². The van der Waals surface area contributed by atoms with Crippen LogP contribution in [0.1, 0.15) is 114 Å². The highest BCUT2D eigenvalue weighted by atomic mass is 16.3. The van der Waals surface area contributed by atoms with Gasteiger partial charge in [-0.05, 0) is 60.2 Å². The minimum Gasteiger partial charge on any atom is -0.381 e. The zero-order valence-corrected chi connectivity index (χ0v) is 27.9. The molecule has 6 N–H and O–H groups in total. The minimum atomic E-state index is -1.38. The second-order valence-electron chi connectivity index (χ2n) is 16.6. The standard InChI is InChI=1S/C33H57N5O5/c1-10-12-20(22(39)26(41)35-19-13-14-19)36-25(40)21-17-33(31(8,9)32(33)15-11-16-32)18-38(21)28(43)24(30(5,6)7)37-27(42)23(34)29(2,3)4/h19-24,39H,10-18,34H2,1-9H3,(H,35,41)(H,36,40)(H,37,42)/t20-,21-,22?,23+,24+,33+/m0/s1. The summed E-state index contributed by atoms with van der Waals surface area (Å²) in [4.78, 5) is 56.3. The number of carbonyl (C=O) groups excluding carboxylic acids is 4. The summed E-state index contributed by atoms with van der Waals surface area (Å²) >= 11 is 0. The molecule has 0 bridgehead atoms. The van der Waals surface area contributed by atoms with E-state index in [0.717, 1.165) is 32.1 Å². The Balaban J connectivity index is 1.62. The molecule has 3 saturated carbocycles. The average Bonchev–Trinajstić information content (AvgIpc) is 3.69. The van der Waals surface area contributed by atoms with E-state index < -0.39 is 52.9 Å². The third-order valence-corrected chi connectivity index (χ3v) is 11.5. The summed E-state index contributed by atoms with van der Waals surface area (Å²) in [6, 6.07) is -3.15. The number of nitrogens with one attached hydrogen (secondary N) is 3. The molecule has 10 nitrogen and oxygen atoms in total. The van der Waals surface area contributed by atoms with Crippen LogP contribution in [0, 0.1) is 27.1 Å². The normalized spacial score (nSPS) is 28.4. The topological polar surface area (TPSA) is 154 Å². The number of aliphatic hydroxyl groups excluding tert-OH is 1. The van der Waals surface area contributed by atoms with E-state index in [0.29, 0.717) is 25.8 Å². The van der Waals surface area contributed by atoms with Gasteiger partial charge in [-0.25, -0.2) is 0 Å². The summed E-state index contributed by atoms with van der Waals surface area (Å²) in [5, 5.41) is 19.7. The second-order valence-corrected chi connectivity index (χ2v) is 16.6. The van der Waals surface area contributed by atoms with E-state index in [-0.39, 0.29) is 34.1 Å². The molecule has 10 heteroatoms. The molecule has 4 amide bonds. The van der Waals surface area contributed by atoms with Crippen LogP contribution in [-0.4, -0.2) is 76.5 Å². The maximum Gasteiger partial charge on any atom is 0.251 e. The molecule has 0 aromatic rings. The number of hydrogen-bond acceptors (Lipinski definition) is 6. The number of carbonyl (C=O) groups is 4. The fourth-order valence-electron chi connectivity index (χ4n) is 8.10. The maximum atomic E-state index is 14.5. The summed E-state index contributed by atoms with van der Waals surface area (Å²) in [6.07, 6.45) is 5.33. The summed E-state index contributed by atoms with van der Waals surface area (Å²) < 4.78 is 0. The number of nitrogens with two attached hydrogens (primary N) is 1. The van der Waals surface area contributed by atoms with E-state index in [9.17, 15) is 24.3 Å². The average molecular weight is 604 g/mol. The van der Waals surface area contributed by atoms with Gasteiger partial charge in [0.25, 0.3) is 5.91 Å². The molecule has 4 rings (SSSR count). The van der Waals surface area contributed by atoms with Crippen LogP contribution < -0.4 is 21.7 Å². The number of likely N-dealkylation sites (tertiary alicyclic amines) is 1. The van der Waals surface area contributed by atoms with Crippen molar-refractivity contribution in [2.45, 2.75) is 150 Å². The van der Waals surface area contributed by atoms with Crippen LogP contribution >= 0.6 is 0 Å². The number of nitrogens with zero attached hydrogens (tertiary/aromatic N) is 1. The smallest absolute Gasteiger partial charge is 0.251 e. The Kier molecular flexibility index (Phi) is 8.86. The predicted octanol–water partition coefficient (Wildman–Crippen LogP) is 2.61. The SMILES string of the molecule is CCC[C@H](NC(=O)[C@@H]1C[C@@]2(CN1C(=O)[C@@H](NC(=O)[C@@H](N)C(C)(C)C)C(C)(C)C)C(C)(C)C21CCC1)C(O)C(=O)NC1CC1. The molecule has 2 spiro atoms. The van der Waals surface area contributed by atoms with Gasteiger partial charge in [-0.1, -0.05) is 75.2 Å². The molecule has 244 valence electrons. The highest BCUT2D eigenvalue weighted by Gasteiger charge is 2.85. The molecule has 4 aliphatic rings. The third kappa shape index (κ3) is 5.83. The van der Waals surface area contributed by atoms with Crippen LogP contribution in [-0.2, 0) is 19.2 Å². The number of rotatable bonds is 10. The largest absolute Gasteiger partial charge is 0.381 e. The second kappa shape index (κ2) is 11.3. The number of aliphatic hydroxyl groups is 1. The van der Waals surface area contributed by atoms with Gasteiger partial charge >= 0.3 is 0 Å². The molecular weight excluding hydrogens is 546 g/mol. The number of hydrogen-bond donors (Lipinski definition) is 5. The van der Waals surface area contributed by atoms with Crippen LogP contribution in [0.2, 0.25) is 0 Å². The first-order valence-corrected chi connectivity index (χ1v) is 16.4. The van der Waals surface area contributed by atoms with Crippen LogP contribution in [0.5, 0.6) is 0 Å². The number of amides is 4. The molecule has 43 heavy (non-hydrogen) atoms. The van der Waals surface area contributed by atoms with Gasteiger partial charge in [0, 0.05) is 18.0 Å². The summed E-state index contributed by atoms with van der Waals surface area (Å²) in [6.45, 7) is 18.3. The monoisotopic (exact) mass is 603 g/mol. The van der Waals surface area contributed by atoms with Crippen molar-refractivity contribution in [2.24, 2.45) is 32.8 Å². The molecule has 3 aliphatic carbocycles. The molecule has 0 aromatic carbocycles. The van der Waals surface area contributed by atoms with E-state index in [2.05, 4.69) is 29.8 Å². The van der Waals surface area contributed by atoms with Crippen molar-refractivity contribution in [1.82, 2.24) is 20.9 Å². The molecule has 6 atom stereocenters. The van der Waals surface area contributed by atoms with Crippen molar-refractivity contribution in [1.29, 1.82) is 0 Å². The third-order valence-electron chi connectivity index (χ3n) is 11.5. The van der Waals surface area contributed by atoms with Gasteiger partial charge in [-0.2, -0.15) is 0 Å². The molecular formula is C33H57N5O5. The van der Waals surface area contributed by atoms with Crippen LogP contribution in [0.3, 0.4) is 0 Å². The van der Waals surface area contributed by atoms with Crippen molar-refractivity contribution in [3.8, 4) is 0 Å². The zero-order chi connectivity index (χ0) is 32.3. The predicted molar refractivity (Wildman–Crippen MR) is 165 cm³/mol. The lowest BCUT2D eigenvalue weighted by molar-refractivity contribution is -0.145. The molecule has 0 radical (unpaired) electrons. The Labute approximate surface area is 258 Å². The van der Waals surface area contributed by atoms with Crippen molar-refractivity contribution in [3.05, 3.63) is 0 Å². The summed E-state index contributed by atoms with van der Waals surface area (Å²) in [7, 11) is 0. The zero-order valence-electron chi connectivity index (χ0n) is 27.9. The lowest BCUT2D eigenvalue weighted by Crippen LogP contribution is -2.61. The Bertz CT molecular complexity index is 1120. The maximum absolute atomic E-state index is 14.5. The van der Waals surface area contributed by atoms with Crippen molar-refractivity contribution >= 4 is 23.6 Å². The number of fused-ring (bicyclic) bond motifs is 1. The fraction of sp³-hybridized carbons (Fsp3) is 0.879. The molecule has 0 aromatic heterocycles. The van der Waals surface area contributed by atoms with E-state index in [1.54, 1.807) is 4.90 Å². The summed E-state index contributed by atoms with van der Waals surface area (Å²) in [5.41, 5.74) is 5.00. The lowest BCUT2D eigenvalue weighted by atomic mass is 9.73. The first-order chi connectivity index (χ1) is 19.7. The van der Waals surface area contributed by atoms with E-state index in [1.165, 1.54) is 0 Å². The van der Waals surface area contributed by atoms with E-state index >= 15 is 0 Å². The van der Waals surface area contributed by atoms with Crippen molar-refractivity contribution < 1.29 is 24.3 Å². The fourth-order valence-corrected chi connectivity index (χ4v) is 8.10. The Morgan fingerprint density at radius 2 is 1.56 bits per heavy atom. The highest BCUT2D eigenvalue weighted by molar-refractivity contribution is 5.95. The first-order valence-electron chi connectivity index (χ1n) is 16.4. The molecule has 4 fully saturated rings. The molecule has 1 aliphatic heterocycles. The molecule has 1 heterocycles. The van der Waals surface area contributed by atoms with E-state index in [4.69, 9.17) is 5.73 Å². The Hall–Kier alpha value is -2.20. The van der Waals surface area contributed by atoms with Crippen LogP contribution in [0.15, 0.2) is 0 Å². The van der Waals surface area contributed by atoms with Crippen LogP contribution in [0.4, 0.5) is 0 Å². The van der Waals surface area contributed by atoms with Gasteiger partial charge in [0.2, 0.25) is 17.7 Å². The summed E-state index contributed by atoms with van der Waals surface area (Å²) in [5.74, 6) is -1.52. The quantitative estimate of drug-likeness (QED) is 0.259. The Morgan fingerprint density at radius 1 is 0.953 bits per heavy atom.